The smallest absolute Gasteiger partial charge is 0.414 e. The quantitative estimate of drug-likeness (QED) is 0.480. The van der Waals surface area contributed by atoms with Crippen molar-refractivity contribution in [3.63, 3.8) is 0 Å². The first-order valence-corrected chi connectivity index (χ1v) is 11.7. The highest BCUT2D eigenvalue weighted by Gasteiger charge is 2.35. The summed E-state index contributed by atoms with van der Waals surface area (Å²) >= 11 is 0. The van der Waals surface area contributed by atoms with Gasteiger partial charge >= 0.3 is 6.09 Å². The molecule has 0 radical (unpaired) electrons. The molecule has 2 aliphatic rings. The summed E-state index contributed by atoms with van der Waals surface area (Å²) in [4.78, 5) is 15.5. The van der Waals surface area contributed by atoms with E-state index < -0.39 is 27.8 Å². The van der Waals surface area contributed by atoms with E-state index in [1.165, 1.54) is 9.21 Å². The fraction of sp³-hybridized carbons (Fsp3) is 0.333. The first kappa shape index (κ1) is 23.1. The number of nitrogen functional groups attached to an aromatic ring is 1. The van der Waals surface area contributed by atoms with Gasteiger partial charge in [-0.2, -0.15) is 4.31 Å². The zero-order valence-electron chi connectivity index (χ0n) is 17.6. The number of nitrogens with one attached hydrogen (secondary N) is 1. The van der Waals surface area contributed by atoms with Gasteiger partial charge in [-0.05, 0) is 42.5 Å². The van der Waals surface area contributed by atoms with E-state index in [1.807, 2.05) is 4.90 Å². The van der Waals surface area contributed by atoms with E-state index in [-0.39, 0.29) is 29.9 Å². The topological polar surface area (TPSA) is 120 Å². The van der Waals surface area contributed by atoms with Gasteiger partial charge in [0.1, 0.15) is 11.9 Å². The zero-order chi connectivity index (χ0) is 23.8. The van der Waals surface area contributed by atoms with E-state index in [1.54, 1.807) is 24.3 Å². The molecule has 2 aromatic rings. The van der Waals surface area contributed by atoms with Gasteiger partial charge in [0, 0.05) is 44.0 Å². The number of nitrogens with zero attached hydrogens (tertiary/aromatic N) is 3. The van der Waals surface area contributed by atoms with Gasteiger partial charge in [0.2, 0.25) is 10.0 Å². The molecule has 2 aromatic carbocycles. The number of anilines is 1. The molecule has 0 bridgehead atoms. The van der Waals surface area contributed by atoms with Gasteiger partial charge in [-0.15, -0.1) is 0 Å². The lowest BCUT2D eigenvalue weighted by Crippen LogP contribution is -2.50. The highest BCUT2D eigenvalue weighted by Crippen LogP contribution is 2.24. The molecule has 0 aromatic heterocycles. The third-order valence-corrected chi connectivity index (χ3v) is 7.58. The van der Waals surface area contributed by atoms with E-state index in [9.17, 15) is 22.0 Å². The monoisotopic (exact) mass is 479 g/mol. The van der Waals surface area contributed by atoms with Crippen molar-refractivity contribution in [1.82, 2.24) is 9.21 Å². The molecule has 2 heterocycles. The van der Waals surface area contributed by atoms with Crippen LogP contribution in [0, 0.1) is 17.0 Å². The molecule has 2 fully saturated rings. The predicted octanol–water partition coefficient (Wildman–Crippen LogP) is 1.58. The molecule has 9 nitrogen and oxygen atoms in total. The largest absolute Gasteiger partial charge is 0.443 e. The number of carbonyl (C=O) groups excluding carboxylic acids is 1. The first-order chi connectivity index (χ1) is 15.6. The fourth-order valence-corrected chi connectivity index (χ4v) is 5.31. The number of piperazine rings is 1. The third kappa shape index (κ3) is 4.82. The summed E-state index contributed by atoms with van der Waals surface area (Å²) in [5.74, 6) is -2.37. The van der Waals surface area contributed by atoms with E-state index >= 15 is 0 Å². The maximum absolute atomic E-state index is 13.5. The highest BCUT2D eigenvalue weighted by molar-refractivity contribution is 7.89. The Bertz CT molecular complexity index is 1170. The summed E-state index contributed by atoms with van der Waals surface area (Å²) in [6.45, 7) is 1.95. The number of cyclic esters (lactones) is 1. The molecular weight excluding hydrogens is 456 g/mol. The molecule has 0 aliphatic carbocycles. The van der Waals surface area contributed by atoms with Gasteiger partial charge in [0.05, 0.1) is 11.4 Å². The second-order valence-corrected chi connectivity index (χ2v) is 9.80. The van der Waals surface area contributed by atoms with Crippen LogP contribution in [0.3, 0.4) is 0 Å². The number of nitrogens with two attached hydrogens (primary N) is 1. The number of ether oxygens (including phenoxy) is 1. The summed E-state index contributed by atoms with van der Waals surface area (Å²) in [6.07, 6.45) is -0.866. The third-order valence-electron chi connectivity index (χ3n) is 5.69. The van der Waals surface area contributed by atoms with Crippen molar-refractivity contribution in [2.24, 2.45) is 5.73 Å². The minimum absolute atomic E-state index is 0.0610. The number of amides is 1. The van der Waals surface area contributed by atoms with Crippen LogP contribution in [0.4, 0.5) is 19.3 Å². The number of hydrogen-bond donors (Lipinski definition) is 2. The average Bonchev–Trinajstić information content (AvgIpc) is 3.15. The van der Waals surface area contributed by atoms with Gasteiger partial charge in [0.15, 0.2) is 11.6 Å². The zero-order valence-corrected chi connectivity index (χ0v) is 18.4. The van der Waals surface area contributed by atoms with Crippen LogP contribution in [0.2, 0.25) is 0 Å². The number of sulfonamides is 1. The van der Waals surface area contributed by atoms with Crippen molar-refractivity contribution >= 4 is 27.6 Å². The molecule has 2 aliphatic heterocycles. The average molecular weight is 480 g/mol. The Morgan fingerprint density at radius 1 is 1.06 bits per heavy atom. The van der Waals surface area contributed by atoms with Crippen molar-refractivity contribution in [2.45, 2.75) is 11.0 Å². The van der Waals surface area contributed by atoms with Crippen LogP contribution >= 0.6 is 0 Å². The van der Waals surface area contributed by atoms with Crippen LogP contribution in [-0.2, 0) is 14.8 Å². The molecule has 12 heteroatoms. The molecule has 3 N–H and O–H groups in total. The van der Waals surface area contributed by atoms with Crippen LogP contribution in [0.5, 0.6) is 0 Å². The second kappa shape index (κ2) is 9.04. The molecule has 1 amide bonds. The minimum atomic E-state index is -3.93. The SMILES string of the molecule is N=C(N)c1ccc(N2CC(CN3CCN(S(=O)(=O)c4ccc(F)c(F)c4)CC3)OC2=O)cc1. The molecule has 2 saturated heterocycles. The lowest BCUT2D eigenvalue weighted by molar-refractivity contribution is 0.0937. The van der Waals surface area contributed by atoms with Gasteiger partial charge in [-0.3, -0.25) is 15.2 Å². The van der Waals surface area contributed by atoms with E-state index in [4.69, 9.17) is 15.9 Å². The Morgan fingerprint density at radius 2 is 1.73 bits per heavy atom. The maximum Gasteiger partial charge on any atom is 0.414 e. The van der Waals surface area contributed by atoms with Crippen LogP contribution in [0.25, 0.3) is 0 Å². The lowest BCUT2D eigenvalue weighted by atomic mass is 10.2. The molecule has 0 saturated carbocycles. The van der Waals surface area contributed by atoms with Crippen molar-refractivity contribution in [3.05, 3.63) is 59.7 Å². The van der Waals surface area contributed by atoms with Crippen molar-refractivity contribution in [1.29, 1.82) is 5.41 Å². The Labute approximate surface area is 189 Å². The van der Waals surface area contributed by atoms with Crippen LogP contribution in [-0.4, -0.2) is 74.9 Å². The van der Waals surface area contributed by atoms with Crippen LogP contribution in [0.15, 0.2) is 47.4 Å². The number of carbonyl (C=O) groups is 1. The number of rotatable bonds is 6. The first-order valence-electron chi connectivity index (χ1n) is 10.3. The molecule has 1 atom stereocenters. The standard InChI is InChI=1S/C21H23F2N5O4S/c22-18-6-5-17(11-19(18)23)33(30,31)27-9-7-26(8-10-27)12-16-13-28(21(29)32-16)15-3-1-14(2-4-15)20(24)25/h1-6,11,16H,7-10,12-13H2,(H3,24,25). The lowest BCUT2D eigenvalue weighted by Gasteiger charge is -2.34. The number of amidine groups is 1. The molecular formula is C21H23F2N5O4S. The Kier molecular flexibility index (Phi) is 6.32. The molecule has 33 heavy (non-hydrogen) atoms. The number of benzene rings is 2. The summed E-state index contributed by atoms with van der Waals surface area (Å²) in [6, 6.07) is 9.24. The summed E-state index contributed by atoms with van der Waals surface area (Å²) in [7, 11) is -3.93. The Hall–Kier alpha value is -3.09. The Morgan fingerprint density at radius 3 is 2.33 bits per heavy atom. The van der Waals surface area contributed by atoms with Crippen molar-refractivity contribution in [3.8, 4) is 0 Å². The minimum Gasteiger partial charge on any atom is -0.443 e. The van der Waals surface area contributed by atoms with Gasteiger partial charge in [0.25, 0.3) is 0 Å². The van der Waals surface area contributed by atoms with Gasteiger partial charge in [-0.25, -0.2) is 22.0 Å². The molecule has 176 valence electrons. The second-order valence-electron chi connectivity index (χ2n) is 7.86. The van der Waals surface area contributed by atoms with Crippen molar-refractivity contribution < 1.29 is 26.7 Å². The number of hydrogen-bond acceptors (Lipinski definition) is 6. The normalized spacial score (nSPS) is 20.1. The Balaban J connectivity index is 1.33. The summed E-state index contributed by atoms with van der Waals surface area (Å²) in [5.41, 5.74) is 6.64. The fourth-order valence-electron chi connectivity index (χ4n) is 3.88. The van der Waals surface area contributed by atoms with Crippen LogP contribution < -0.4 is 10.6 Å². The van der Waals surface area contributed by atoms with Gasteiger partial charge in [-0.1, -0.05) is 0 Å². The predicted molar refractivity (Wildman–Crippen MR) is 117 cm³/mol. The molecule has 1 unspecified atom stereocenters. The maximum atomic E-state index is 13.5. The van der Waals surface area contributed by atoms with Crippen LogP contribution in [0.1, 0.15) is 5.56 Å². The molecule has 0 spiro atoms. The molecule has 4 rings (SSSR count). The number of halogens is 2. The van der Waals surface area contributed by atoms with E-state index in [2.05, 4.69) is 0 Å². The van der Waals surface area contributed by atoms with Gasteiger partial charge < -0.3 is 10.5 Å². The van der Waals surface area contributed by atoms with E-state index in [0.717, 1.165) is 12.1 Å². The summed E-state index contributed by atoms with van der Waals surface area (Å²) in [5, 5.41) is 7.44. The van der Waals surface area contributed by atoms with Crippen molar-refractivity contribution in [2.75, 3.05) is 44.2 Å². The highest BCUT2D eigenvalue weighted by atomic mass is 32.2. The van der Waals surface area contributed by atoms with E-state index in [0.29, 0.717) is 43.5 Å². The summed E-state index contributed by atoms with van der Waals surface area (Å²) < 4.78 is 58.8.